The largest absolute Gasteiger partial charge is 0.487 e. The summed E-state index contributed by atoms with van der Waals surface area (Å²) >= 11 is 0. The highest BCUT2D eigenvalue weighted by Gasteiger charge is 2.33. The molecular weight excluding hydrogens is 371 g/mol. The van der Waals surface area contributed by atoms with Gasteiger partial charge in [-0.05, 0) is 49.6 Å². The van der Waals surface area contributed by atoms with Crippen LogP contribution in [0.4, 0.5) is 10.1 Å². The molecule has 1 atom stereocenters. The van der Waals surface area contributed by atoms with E-state index in [1.165, 1.54) is 17.7 Å². The second kappa shape index (κ2) is 7.28. The lowest BCUT2D eigenvalue weighted by Crippen LogP contribution is -2.33. The first-order chi connectivity index (χ1) is 14.1. The molecule has 0 saturated carbocycles. The first-order valence-corrected chi connectivity index (χ1v) is 10.1. The number of hydrogen-bond donors (Lipinski definition) is 2. The maximum atomic E-state index is 13.7. The Bertz CT molecular complexity index is 1020. The van der Waals surface area contributed by atoms with Crippen molar-refractivity contribution in [3.8, 4) is 0 Å². The number of amides is 1. The summed E-state index contributed by atoms with van der Waals surface area (Å²) in [6.45, 7) is 2.59. The molecule has 5 rings (SSSR count). The van der Waals surface area contributed by atoms with Crippen molar-refractivity contribution >= 4 is 22.9 Å². The van der Waals surface area contributed by atoms with E-state index in [1.54, 1.807) is 6.07 Å². The van der Waals surface area contributed by atoms with Gasteiger partial charge in [0.25, 0.3) is 5.91 Å². The summed E-state index contributed by atoms with van der Waals surface area (Å²) < 4.78 is 19.6. The molecule has 3 aliphatic rings. The molecule has 1 amide bonds. The summed E-state index contributed by atoms with van der Waals surface area (Å²) in [4.78, 5) is 14.9. The van der Waals surface area contributed by atoms with Crippen LogP contribution in [0.15, 0.2) is 36.4 Å². The smallest absolute Gasteiger partial charge is 0.260 e. The third-order valence-electron chi connectivity index (χ3n) is 6.14. The second-order valence-electron chi connectivity index (χ2n) is 7.89. The molecule has 0 spiro atoms. The third-order valence-corrected chi connectivity index (χ3v) is 6.14. The van der Waals surface area contributed by atoms with E-state index >= 15 is 0 Å². The Morgan fingerprint density at radius 3 is 2.97 bits per heavy atom. The average Bonchev–Trinajstić information content (AvgIpc) is 3.42. The molecule has 3 heterocycles. The molecule has 0 aliphatic carbocycles. The molecule has 1 fully saturated rings. The van der Waals surface area contributed by atoms with E-state index in [0.29, 0.717) is 29.2 Å². The summed E-state index contributed by atoms with van der Waals surface area (Å²) in [5.41, 5.74) is 4.70. The normalized spacial score (nSPS) is 23.1. The number of aliphatic hydroxyl groups excluding tert-OH is 1. The van der Waals surface area contributed by atoms with Crippen LogP contribution in [-0.4, -0.2) is 41.7 Å². The van der Waals surface area contributed by atoms with Crippen LogP contribution in [-0.2, 0) is 22.6 Å². The fraction of sp³-hybridized carbons (Fsp3) is 0.348. The molecule has 0 bridgehead atoms. The number of anilines is 1. The molecule has 0 unspecified atom stereocenters. The Kier molecular flexibility index (Phi) is 4.60. The van der Waals surface area contributed by atoms with Gasteiger partial charge in [-0.2, -0.15) is 0 Å². The minimum atomic E-state index is -0.380. The molecule has 2 aromatic rings. The minimum absolute atomic E-state index is 0.221. The maximum absolute atomic E-state index is 13.7. The Morgan fingerprint density at radius 1 is 1.21 bits per heavy atom. The van der Waals surface area contributed by atoms with Gasteiger partial charge in [0.15, 0.2) is 0 Å². The standard InChI is InChI=1S/C23H23FN2O3/c24-16-4-6-20-19(11-16)21(23(28)25-20)22-18-5-3-14(10-15(18)13-29-22)7-9-26-8-1-2-17(26)12-27/h3-6,10-11,17,27H,1-2,7-9,12-13H2,(H,25,28)/t17-/m0/s1. The predicted octanol–water partition coefficient (Wildman–Crippen LogP) is 3.18. The summed E-state index contributed by atoms with van der Waals surface area (Å²) in [5.74, 6) is -0.120. The average molecular weight is 394 g/mol. The van der Waals surface area contributed by atoms with Gasteiger partial charge in [-0.3, -0.25) is 9.69 Å². The van der Waals surface area contributed by atoms with E-state index in [0.717, 1.165) is 43.5 Å². The van der Waals surface area contributed by atoms with Crippen molar-refractivity contribution in [3.63, 3.8) is 0 Å². The van der Waals surface area contributed by atoms with Crippen LogP contribution < -0.4 is 5.32 Å². The van der Waals surface area contributed by atoms with E-state index in [4.69, 9.17) is 4.74 Å². The van der Waals surface area contributed by atoms with Gasteiger partial charge in [0.1, 0.15) is 18.2 Å². The van der Waals surface area contributed by atoms with Gasteiger partial charge in [-0.25, -0.2) is 4.39 Å². The van der Waals surface area contributed by atoms with Crippen LogP contribution in [0.25, 0.3) is 11.3 Å². The Labute approximate surface area is 168 Å². The number of carbonyl (C=O) groups is 1. The number of nitrogens with one attached hydrogen (secondary N) is 1. The number of rotatable bonds is 4. The number of fused-ring (bicyclic) bond motifs is 2. The van der Waals surface area contributed by atoms with Gasteiger partial charge < -0.3 is 15.2 Å². The predicted molar refractivity (Wildman–Crippen MR) is 108 cm³/mol. The zero-order valence-corrected chi connectivity index (χ0v) is 16.1. The highest BCUT2D eigenvalue weighted by Crippen LogP contribution is 2.42. The van der Waals surface area contributed by atoms with Crippen molar-refractivity contribution < 1.29 is 19.0 Å². The zero-order chi connectivity index (χ0) is 20.0. The Hall–Kier alpha value is -2.70. The highest BCUT2D eigenvalue weighted by atomic mass is 19.1. The zero-order valence-electron chi connectivity index (χ0n) is 16.1. The summed E-state index contributed by atoms with van der Waals surface area (Å²) in [5, 5.41) is 12.3. The van der Waals surface area contributed by atoms with Crippen LogP contribution in [0.2, 0.25) is 0 Å². The fourth-order valence-electron chi connectivity index (χ4n) is 4.61. The Balaban J connectivity index is 1.41. The van der Waals surface area contributed by atoms with Gasteiger partial charge in [0.2, 0.25) is 0 Å². The van der Waals surface area contributed by atoms with Crippen molar-refractivity contribution in [1.29, 1.82) is 0 Å². The molecular formula is C23H23FN2O3. The number of benzene rings is 2. The fourth-order valence-corrected chi connectivity index (χ4v) is 4.61. The summed E-state index contributed by atoms with van der Waals surface area (Å²) in [6, 6.07) is 10.8. The third kappa shape index (κ3) is 3.22. The minimum Gasteiger partial charge on any atom is -0.487 e. The Morgan fingerprint density at radius 2 is 2.10 bits per heavy atom. The van der Waals surface area contributed by atoms with Crippen LogP contribution in [0.1, 0.15) is 35.1 Å². The highest BCUT2D eigenvalue weighted by molar-refractivity contribution is 6.36. The van der Waals surface area contributed by atoms with Gasteiger partial charge in [-0.1, -0.05) is 18.2 Å². The van der Waals surface area contributed by atoms with E-state index in [9.17, 15) is 14.3 Å². The molecule has 0 aromatic heterocycles. The monoisotopic (exact) mass is 394 g/mol. The molecule has 3 aliphatic heterocycles. The van der Waals surface area contributed by atoms with Crippen molar-refractivity contribution in [3.05, 3.63) is 64.5 Å². The summed E-state index contributed by atoms with van der Waals surface area (Å²) in [6.07, 6.45) is 3.12. The number of hydrogen-bond acceptors (Lipinski definition) is 4. The number of ether oxygens (including phenoxy) is 1. The molecule has 29 heavy (non-hydrogen) atoms. The van der Waals surface area contributed by atoms with Gasteiger partial charge in [0.05, 0.1) is 12.2 Å². The van der Waals surface area contributed by atoms with Crippen molar-refractivity contribution in [2.24, 2.45) is 0 Å². The lowest BCUT2D eigenvalue weighted by atomic mass is 9.98. The van der Waals surface area contributed by atoms with Crippen molar-refractivity contribution in [2.75, 3.05) is 25.0 Å². The van der Waals surface area contributed by atoms with Crippen molar-refractivity contribution in [2.45, 2.75) is 31.9 Å². The van der Waals surface area contributed by atoms with E-state index in [2.05, 4.69) is 22.3 Å². The van der Waals surface area contributed by atoms with Gasteiger partial charge in [0, 0.05) is 35.0 Å². The number of halogens is 1. The molecule has 150 valence electrons. The molecule has 2 N–H and O–H groups in total. The van der Waals surface area contributed by atoms with E-state index < -0.39 is 0 Å². The SMILES string of the molecule is O=C1Nc2ccc(F)cc2C1=C1OCc2cc(CCN3CCC[C@H]3CO)ccc21. The quantitative estimate of drug-likeness (QED) is 0.782. The topological polar surface area (TPSA) is 61.8 Å². The molecule has 6 heteroatoms. The number of likely N-dealkylation sites (tertiary alicyclic amines) is 1. The second-order valence-corrected chi connectivity index (χ2v) is 7.89. The van der Waals surface area contributed by atoms with E-state index in [1.807, 2.05) is 6.07 Å². The molecule has 1 saturated heterocycles. The number of carbonyl (C=O) groups excluding carboxylic acids is 1. The first-order valence-electron chi connectivity index (χ1n) is 10.1. The van der Waals surface area contributed by atoms with Crippen LogP contribution in [0, 0.1) is 5.82 Å². The molecule has 0 radical (unpaired) electrons. The van der Waals surface area contributed by atoms with Gasteiger partial charge in [-0.15, -0.1) is 0 Å². The maximum Gasteiger partial charge on any atom is 0.260 e. The lowest BCUT2D eigenvalue weighted by molar-refractivity contribution is -0.110. The van der Waals surface area contributed by atoms with Crippen LogP contribution in [0.5, 0.6) is 0 Å². The van der Waals surface area contributed by atoms with Crippen LogP contribution in [0.3, 0.4) is 0 Å². The number of aliphatic hydroxyl groups is 1. The van der Waals surface area contributed by atoms with Crippen LogP contribution >= 0.6 is 0 Å². The molecule has 2 aromatic carbocycles. The molecule has 5 nitrogen and oxygen atoms in total. The van der Waals surface area contributed by atoms with Gasteiger partial charge >= 0.3 is 0 Å². The lowest BCUT2D eigenvalue weighted by Gasteiger charge is -2.22. The van der Waals surface area contributed by atoms with Crippen molar-refractivity contribution in [1.82, 2.24) is 4.90 Å². The first kappa shape index (κ1) is 18.3. The van der Waals surface area contributed by atoms with E-state index in [-0.39, 0.29) is 24.4 Å². The summed E-state index contributed by atoms with van der Waals surface area (Å²) in [7, 11) is 0. The number of nitrogens with zero attached hydrogens (tertiary/aromatic N) is 1.